The number of terminal acetylenes is 1. The summed E-state index contributed by atoms with van der Waals surface area (Å²) in [6.45, 7) is 2.51. The fraction of sp³-hybridized carbons (Fsp3) is 0.448. The molecular weight excluding hydrogens is 568 g/mol. The van der Waals surface area contributed by atoms with Crippen molar-refractivity contribution in [2.75, 3.05) is 38.8 Å². The van der Waals surface area contributed by atoms with Crippen LogP contribution in [0, 0.1) is 12.3 Å². The molecule has 0 radical (unpaired) electrons. The Morgan fingerprint density at radius 3 is 2.43 bits per heavy atom. The standard InChI is InChI=1S/C29H33ClN4O8/c1-6-28(38)20(42-25(23(28)35)34-17-31-22-19(33(4)5)14-21(30)32-24(22)34)16-41-29(26(36)39-7-2,27(37)40-8-3)15-18-12-10-9-11-13-18/h1,9-14,17,20,23,25,35,38H,7-8,15-16H2,2-5H3/t20-,23+,25-,28-/m1/s1. The van der Waals surface area contributed by atoms with E-state index in [1.54, 1.807) is 55.1 Å². The number of benzene rings is 1. The number of carbonyl (C=O) groups excluding carboxylic acids is 2. The average Bonchev–Trinajstić information content (AvgIpc) is 3.49. The molecule has 0 unspecified atom stereocenters. The van der Waals surface area contributed by atoms with Gasteiger partial charge in [0.1, 0.15) is 22.9 Å². The Balaban J connectivity index is 1.71. The zero-order chi connectivity index (χ0) is 30.7. The van der Waals surface area contributed by atoms with E-state index >= 15 is 0 Å². The zero-order valence-electron chi connectivity index (χ0n) is 23.7. The molecule has 1 saturated heterocycles. The molecule has 42 heavy (non-hydrogen) atoms. The van der Waals surface area contributed by atoms with Gasteiger partial charge in [0.25, 0.3) is 5.60 Å². The summed E-state index contributed by atoms with van der Waals surface area (Å²) in [6.07, 6.45) is 2.46. The van der Waals surface area contributed by atoms with Gasteiger partial charge in [-0.3, -0.25) is 4.57 Å². The second kappa shape index (κ2) is 12.6. The van der Waals surface area contributed by atoms with Crippen molar-refractivity contribution in [2.45, 2.75) is 49.9 Å². The van der Waals surface area contributed by atoms with E-state index in [4.69, 9.17) is 37.0 Å². The minimum Gasteiger partial charge on any atom is -0.463 e. The number of anilines is 1. The quantitative estimate of drug-likeness (QED) is 0.144. The number of nitrogens with zero attached hydrogens (tertiary/aromatic N) is 4. The summed E-state index contributed by atoms with van der Waals surface area (Å²) in [5.74, 6) is 0.228. The fourth-order valence-electron chi connectivity index (χ4n) is 4.80. The Kier molecular flexibility index (Phi) is 9.40. The number of aliphatic hydroxyl groups is 2. The smallest absolute Gasteiger partial charge is 0.350 e. The minimum absolute atomic E-state index is 0.0364. The maximum absolute atomic E-state index is 13.3. The van der Waals surface area contributed by atoms with E-state index in [9.17, 15) is 19.8 Å². The Morgan fingerprint density at radius 2 is 1.86 bits per heavy atom. The summed E-state index contributed by atoms with van der Waals surface area (Å²) in [5, 5.41) is 22.8. The van der Waals surface area contributed by atoms with Gasteiger partial charge in [0.15, 0.2) is 17.5 Å². The highest BCUT2D eigenvalue weighted by Crippen LogP contribution is 2.40. The monoisotopic (exact) mass is 600 g/mol. The summed E-state index contributed by atoms with van der Waals surface area (Å²) >= 11 is 6.26. The van der Waals surface area contributed by atoms with Crippen molar-refractivity contribution in [3.05, 3.63) is 53.4 Å². The highest BCUT2D eigenvalue weighted by atomic mass is 35.5. The molecule has 1 fully saturated rings. The lowest BCUT2D eigenvalue weighted by Gasteiger charge is -2.32. The number of ether oxygens (including phenoxy) is 4. The number of hydrogen-bond acceptors (Lipinski definition) is 11. The van der Waals surface area contributed by atoms with Crippen molar-refractivity contribution in [3.8, 4) is 12.3 Å². The van der Waals surface area contributed by atoms with Gasteiger partial charge in [-0.05, 0) is 19.4 Å². The molecule has 2 N–H and O–H groups in total. The highest BCUT2D eigenvalue weighted by Gasteiger charge is 2.58. The maximum atomic E-state index is 13.3. The second-order valence-electron chi connectivity index (χ2n) is 9.85. The molecule has 1 aliphatic heterocycles. The molecule has 0 aliphatic carbocycles. The second-order valence-corrected chi connectivity index (χ2v) is 10.2. The molecule has 4 rings (SSSR count). The van der Waals surface area contributed by atoms with Crippen LogP contribution in [0.5, 0.6) is 0 Å². The van der Waals surface area contributed by atoms with E-state index in [1.165, 1.54) is 10.9 Å². The predicted octanol–water partition coefficient (Wildman–Crippen LogP) is 1.90. The number of imidazole rings is 1. The lowest BCUT2D eigenvalue weighted by molar-refractivity contribution is -0.198. The molecule has 1 aromatic carbocycles. The first-order valence-corrected chi connectivity index (χ1v) is 13.7. The third kappa shape index (κ3) is 5.66. The predicted molar refractivity (Wildman–Crippen MR) is 153 cm³/mol. The number of halogens is 1. The van der Waals surface area contributed by atoms with Crippen LogP contribution in [0.25, 0.3) is 11.2 Å². The molecule has 2 aromatic heterocycles. The third-order valence-corrected chi connectivity index (χ3v) is 7.16. The first-order valence-electron chi connectivity index (χ1n) is 13.3. The number of fused-ring (bicyclic) bond motifs is 1. The lowest BCUT2D eigenvalue weighted by atomic mass is 9.91. The Bertz CT molecular complexity index is 1460. The number of pyridine rings is 1. The number of aliphatic hydroxyl groups excluding tert-OH is 1. The Labute approximate surface area is 248 Å². The van der Waals surface area contributed by atoms with Gasteiger partial charge in [-0.25, -0.2) is 19.6 Å². The SMILES string of the molecule is C#C[C@@]1(O)[C@@H](COC(Cc2ccccc2)(C(=O)OCC)C(=O)OCC)O[C@@H](n2cnc3c(N(C)C)cc(Cl)nc32)[C@@H]1O. The number of hydrogen-bond donors (Lipinski definition) is 2. The van der Waals surface area contributed by atoms with Gasteiger partial charge in [0, 0.05) is 26.6 Å². The molecule has 224 valence electrons. The van der Waals surface area contributed by atoms with Crippen LogP contribution in [0.3, 0.4) is 0 Å². The van der Waals surface area contributed by atoms with Crippen molar-refractivity contribution in [2.24, 2.45) is 0 Å². The van der Waals surface area contributed by atoms with E-state index in [1.807, 2.05) is 14.1 Å². The van der Waals surface area contributed by atoms with E-state index in [0.717, 1.165) is 0 Å². The average molecular weight is 601 g/mol. The third-order valence-electron chi connectivity index (χ3n) is 6.97. The highest BCUT2D eigenvalue weighted by molar-refractivity contribution is 6.30. The number of carbonyl (C=O) groups is 2. The van der Waals surface area contributed by atoms with Gasteiger partial charge in [-0.15, -0.1) is 6.42 Å². The molecular formula is C29H33ClN4O8. The van der Waals surface area contributed by atoms with Gasteiger partial charge >= 0.3 is 11.9 Å². The van der Waals surface area contributed by atoms with Crippen LogP contribution in [0.1, 0.15) is 25.6 Å². The minimum atomic E-state index is -2.30. The van der Waals surface area contributed by atoms with E-state index in [2.05, 4.69) is 15.9 Å². The largest absolute Gasteiger partial charge is 0.463 e. The fourth-order valence-corrected chi connectivity index (χ4v) is 4.98. The van der Waals surface area contributed by atoms with Crippen molar-refractivity contribution in [3.63, 3.8) is 0 Å². The number of rotatable bonds is 11. The van der Waals surface area contributed by atoms with Crippen LogP contribution >= 0.6 is 11.6 Å². The van der Waals surface area contributed by atoms with Crippen LogP contribution in [0.15, 0.2) is 42.7 Å². The molecule has 0 spiro atoms. The van der Waals surface area contributed by atoms with Gasteiger partial charge in [-0.2, -0.15) is 0 Å². The number of aromatic nitrogens is 3. The normalized spacial score (nSPS) is 22.1. The van der Waals surface area contributed by atoms with E-state index in [-0.39, 0.29) is 30.4 Å². The van der Waals surface area contributed by atoms with Crippen molar-refractivity contribution in [1.82, 2.24) is 14.5 Å². The van der Waals surface area contributed by atoms with Crippen molar-refractivity contribution < 1.29 is 38.7 Å². The Hall–Kier alpha value is -3.73. The number of esters is 2. The van der Waals surface area contributed by atoms with Crippen LogP contribution in [-0.2, 0) is 35.0 Å². The maximum Gasteiger partial charge on any atom is 0.350 e. The van der Waals surface area contributed by atoms with Crippen LogP contribution in [0.4, 0.5) is 5.69 Å². The molecule has 0 bridgehead atoms. The first-order chi connectivity index (χ1) is 20.0. The summed E-state index contributed by atoms with van der Waals surface area (Å²) < 4.78 is 23.9. The summed E-state index contributed by atoms with van der Waals surface area (Å²) in [7, 11) is 3.62. The van der Waals surface area contributed by atoms with E-state index in [0.29, 0.717) is 16.8 Å². The van der Waals surface area contributed by atoms with Crippen LogP contribution in [0.2, 0.25) is 5.15 Å². The molecule has 3 aromatic rings. The summed E-state index contributed by atoms with van der Waals surface area (Å²) in [5.41, 5.74) is -2.57. The molecule has 0 saturated carbocycles. The zero-order valence-corrected chi connectivity index (χ0v) is 24.4. The summed E-state index contributed by atoms with van der Waals surface area (Å²) in [6, 6.07) is 10.3. The molecule has 12 nitrogen and oxygen atoms in total. The van der Waals surface area contributed by atoms with Crippen LogP contribution in [-0.4, -0.2) is 94.0 Å². The molecule has 4 atom stereocenters. The molecule has 13 heteroatoms. The van der Waals surface area contributed by atoms with Crippen LogP contribution < -0.4 is 4.90 Å². The summed E-state index contributed by atoms with van der Waals surface area (Å²) in [4.78, 5) is 37.2. The first kappa shape index (κ1) is 31.2. The molecule has 1 aliphatic rings. The van der Waals surface area contributed by atoms with Gasteiger partial charge in [0.2, 0.25) is 0 Å². The van der Waals surface area contributed by atoms with Crippen molar-refractivity contribution >= 4 is 40.4 Å². The topological polar surface area (TPSA) is 145 Å². The van der Waals surface area contributed by atoms with Gasteiger partial charge in [-0.1, -0.05) is 47.9 Å². The van der Waals surface area contributed by atoms with Gasteiger partial charge < -0.3 is 34.1 Å². The van der Waals surface area contributed by atoms with E-state index < -0.39 is 48.2 Å². The van der Waals surface area contributed by atoms with Gasteiger partial charge in [0.05, 0.1) is 31.8 Å². The Morgan fingerprint density at radius 1 is 1.21 bits per heavy atom. The van der Waals surface area contributed by atoms with Crippen molar-refractivity contribution in [1.29, 1.82) is 0 Å². The lowest BCUT2D eigenvalue weighted by Crippen LogP contribution is -2.56. The molecule has 3 heterocycles. The molecule has 0 amide bonds.